The highest BCUT2D eigenvalue weighted by Gasteiger charge is 2.10. The van der Waals surface area contributed by atoms with E-state index in [0.717, 1.165) is 23.9 Å². The quantitative estimate of drug-likeness (QED) is 0.642. The molecule has 1 aromatic carbocycles. The molecule has 0 saturated heterocycles. The van der Waals surface area contributed by atoms with Crippen molar-refractivity contribution in [3.8, 4) is 0 Å². The molecular formula is C15H19NO3. The first kappa shape index (κ1) is 13.6. The van der Waals surface area contributed by atoms with E-state index in [4.69, 9.17) is 9.47 Å². The van der Waals surface area contributed by atoms with Crippen LogP contribution in [0.5, 0.6) is 0 Å². The Morgan fingerprint density at radius 2 is 2.05 bits per heavy atom. The molecule has 0 aliphatic rings. The second-order valence-corrected chi connectivity index (χ2v) is 4.27. The highest BCUT2D eigenvalue weighted by molar-refractivity contribution is 5.94. The lowest BCUT2D eigenvalue weighted by Crippen LogP contribution is -2.04. The van der Waals surface area contributed by atoms with E-state index in [1.807, 2.05) is 19.1 Å². The number of fused-ring (bicyclic) bond motifs is 1. The lowest BCUT2D eigenvalue weighted by molar-refractivity contribution is 0.0520. The monoisotopic (exact) mass is 261 g/mol. The molecule has 1 N–H and O–H groups in total. The van der Waals surface area contributed by atoms with Crippen LogP contribution in [-0.4, -0.2) is 30.8 Å². The van der Waals surface area contributed by atoms with Gasteiger partial charge in [0.05, 0.1) is 13.2 Å². The molecule has 2 rings (SSSR count). The van der Waals surface area contributed by atoms with Gasteiger partial charge in [-0.2, -0.15) is 0 Å². The molecule has 0 amide bonds. The third-order valence-electron chi connectivity index (χ3n) is 2.92. The van der Waals surface area contributed by atoms with Gasteiger partial charge in [0.25, 0.3) is 0 Å². The minimum Gasteiger partial charge on any atom is -0.461 e. The van der Waals surface area contributed by atoms with Gasteiger partial charge in [0.2, 0.25) is 0 Å². The first-order chi connectivity index (χ1) is 9.24. The minimum atomic E-state index is -0.311. The average Bonchev–Trinajstić information content (AvgIpc) is 2.82. The molecule has 1 heterocycles. The van der Waals surface area contributed by atoms with Gasteiger partial charge in [0.15, 0.2) is 0 Å². The summed E-state index contributed by atoms with van der Waals surface area (Å²) in [6.45, 7) is 5.62. The number of H-pyrrole nitrogens is 1. The number of carbonyl (C=O) groups excluding carboxylic acids is 1. The van der Waals surface area contributed by atoms with Crippen LogP contribution in [0.15, 0.2) is 24.3 Å². The molecule has 0 aliphatic carbocycles. The summed E-state index contributed by atoms with van der Waals surface area (Å²) in [7, 11) is 0. The third-order valence-corrected chi connectivity index (χ3v) is 2.92. The van der Waals surface area contributed by atoms with Crippen molar-refractivity contribution in [2.75, 3.05) is 19.8 Å². The maximum absolute atomic E-state index is 11.6. The topological polar surface area (TPSA) is 51.3 Å². The molecule has 0 aliphatic heterocycles. The van der Waals surface area contributed by atoms with Crippen LogP contribution >= 0.6 is 0 Å². The van der Waals surface area contributed by atoms with Crippen molar-refractivity contribution in [2.24, 2.45) is 0 Å². The first-order valence-electron chi connectivity index (χ1n) is 6.61. The van der Waals surface area contributed by atoms with Crippen LogP contribution in [-0.2, 0) is 15.9 Å². The predicted molar refractivity (Wildman–Crippen MR) is 74.5 cm³/mol. The fourth-order valence-corrected chi connectivity index (χ4v) is 1.98. The molecule has 0 radical (unpaired) electrons. The Morgan fingerprint density at radius 3 is 2.79 bits per heavy atom. The van der Waals surface area contributed by atoms with Crippen molar-refractivity contribution in [3.05, 3.63) is 35.5 Å². The van der Waals surface area contributed by atoms with Gasteiger partial charge in [-0.3, -0.25) is 0 Å². The third kappa shape index (κ3) is 3.35. The Balaban J connectivity index is 2.16. The van der Waals surface area contributed by atoms with Crippen LogP contribution in [0.2, 0.25) is 0 Å². The van der Waals surface area contributed by atoms with Crippen molar-refractivity contribution in [2.45, 2.75) is 20.3 Å². The predicted octanol–water partition coefficient (Wildman–Crippen LogP) is 2.92. The number of hydrogen-bond acceptors (Lipinski definition) is 3. The van der Waals surface area contributed by atoms with E-state index in [1.54, 1.807) is 6.92 Å². The van der Waals surface area contributed by atoms with Crippen LogP contribution in [0.4, 0.5) is 0 Å². The van der Waals surface area contributed by atoms with Crippen LogP contribution in [0.25, 0.3) is 10.9 Å². The number of carbonyl (C=O) groups is 1. The van der Waals surface area contributed by atoms with Crippen LogP contribution < -0.4 is 0 Å². The Kier molecular flexibility index (Phi) is 4.58. The number of rotatable bonds is 6. The highest BCUT2D eigenvalue weighted by Crippen LogP contribution is 2.18. The number of benzene rings is 1. The lowest BCUT2D eigenvalue weighted by atomic mass is 10.1. The lowest BCUT2D eigenvalue weighted by Gasteiger charge is -2.01. The second-order valence-electron chi connectivity index (χ2n) is 4.27. The molecule has 0 saturated carbocycles. The number of nitrogens with one attached hydrogen (secondary N) is 1. The molecule has 4 heteroatoms. The fourth-order valence-electron chi connectivity index (χ4n) is 1.98. The largest absolute Gasteiger partial charge is 0.461 e. The summed E-state index contributed by atoms with van der Waals surface area (Å²) in [6, 6.07) is 7.94. The van der Waals surface area contributed by atoms with E-state index in [-0.39, 0.29) is 5.97 Å². The van der Waals surface area contributed by atoms with Gasteiger partial charge in [-0.05, 0) is 38.0 Å². The van der Waals surface area contributed by atoms with Gasteiger partial charge in [-0.25, -0.2) is 4.79 Å². The number of ether oxygens (including phenoxy) is 2. The second kappa shape index (κ2) is 6.38. The summed E-state index contributed by atoms with van der Waals surface area (Å²) in [5, 5.41) is 1.02. The zero-order chi connectivity index (χ0) is 13.7. The summed E-state index contributed by atoms with van der Waals surface area (Å²) < 4.78 is 10.3. The van der Waals surface area contributed by atoms with E-state index in [9.17, 15) is 4.79 Å². The van der Waals surface area contributed by atoms with Crippen LogP contribution in [0, 0.1) is 0 Å². The number of aromatic amines is 1. The van der Waals surface area contributed by atoms with Gasteiger partial charge in [-0.1, -0.05) is 12.1 Å². The zero-order valence-electron chi connectivity index (χ0n) is 11.4. The van der Waals surface area contributed by atoms with Gasteiger partial charge in [0.1, 0.15) is 5.69 Å². The van der Waals surface area contributed by atoms with E-state index in [1.165, 1.54) is 5.56 Å². The molecule has 0 atom stereocenters. The smallest absolute Gasteiger partial charge is 0.354 e. The minimum absolute atomic E-state index is 0.311. The summed E-state index contributed by atoms with van der Waals surface area (Å²) in [5.74, 6) is -0.311. The molecule has 19 heavy (non-hydrogen) atoms. The van der Waals surface area contributed by atoms with E-state index in [0.29, 0.717) is 18.9 Å². The average molecular weight is 261 g/mol. The zero-order valence-corrected chi connectivity index (χ0v) is 11.4. The van der Waals surface area contributed by atoms with Crippen LogP contribution in [0.3, 0.4) is 0 Å². The van der Waals surface area contributed by atoms with Gasteiger partial charge < -0.3 is 14.5 Å². The van der Waals surface area contributed by atoms with E-state index in [2.05, 4.69) is 17.1 Å². The normalized spacial score (nSPS) is 10.8. The Labute approximate surface area is 112 Å². The van der Waals surface area contributed by atoms with Crippen molar-refractivity contribution < 1.29 is 14.3 Å². The number of hydrogen-bond donors (Lipinski definition) is 1. The maximum Gasteiger partial charge on any atom is 0.354 e. The first-order valence-corrected chi connectivity index (χ1v) is 6.61. The summed E-state index contributed by atoms with van der Waals surface area (Å²) in [5.41, 5.74) is 2.65. The maximum atomic E-state index is 11.6. The van der Waals surface area contributed by atoms with E-state index < -0.39 is 0 Å². The Hall–Kier alpha value is -1.81. The molecule has 2 aromatic rings. The molecule has 0 fully saturated rings. The van der Waals surface area contributed by atoms with Gasteiger partial charge >= 0.3 is 5.97 Å². The summed E-state index contributed by atoms with van der Waals surface area (Å²) in [4.78, 5) is 14.7. The molecule has 0 unspecified atom stereocenters. The molecule has 0 bridgehead atoms. The SMILES string of the molecule is CCOCCc1ccc2cc(C(=O)OCC)[nH]c2c1. The van der Waals surface area contributed by atoms with Crippen molar-refractivity contribution >= 4 is 16.9 Å². The molecule has 102 valence electrons. The standard InChI is InChI=1S/C15H19NO3/c1-3-18-8-7-11-5-6-12-10-14(15(17)19-4-2)16-13(12)9-11/h5-6,9-10,16H,3-4,7-8H2,1-2H3. The molecular weight excluding hydrogens is 242 g/mol. The van der Waals surface area contributed by atoms with Gasteiger partial charge in [-0.15, -0.1) is 0 Å². The van der Waals surface area contributed by atoms with Crippen molar-refractivity contribution in [3.63, 3.8) is 0 Å². The van der Waals surface area contributed by atoms with Crippen molar-refractivity contribution in [1.82, 2.24) is 4.98 Å². The highest BCUT2D eigenvalue weighted by atomic mass is 16.5. The Morgan fingerprint density at radius 1 is 1.21 bits per heavy atom. The number of esters is 1. The molecule has 0 spiro atoms. The molecule has 1 aromatic heterocycles. The summed E-state index contributed by atoms with van der Waals surface area (Å²) in [6.07, 6.45) is 0.873. The number of aromatic nitrogens is 1. The van der Waals surface area contributed by atoms with E-state index >= 15 is 0 Å². The van der Waals surface area contributed by atoms with Gasteiger partial charge in [0, 0.05) is 17.5 Å². The summed E-state index contributed by atoms with van der Waals surface area (Å²) >= 11 is 0. The van der Waals surface area contributed by atoms with Crippen molar-refractivity contribution in [1.29, 1.82) is 0 Å². The van der Waals surface area contributed by atoms with Crippen LogP contribution in [0.1, 0.15) is 29.9 Å². The fraction of sp³-hybridized carbons (Fsp3) is 0.400. The Bertz CT molecular complexity index is 560. The molecule has 4 nitrogen and oxygen atoms in total.